The molecule has 0 radical (unpaired) electrons. The van der Waals surface area contributed by atoms with Crippen LogP contribution in [0.15, 0.2) is 40.9 Å². The van der Waals surface area contributed by atoms with Crippen molar-refractivity contribution in [3.63, 3.8) is 0 Å². The second kappa shape index (κ2) is 5.87. The van der Waals surface area contributed by atoms with E-state index in [4.69, 9.17) is 16.1 Å². The van der Waals surface area contributed by atoms with Gasteiger partial charge in [-0.2, -0.15) is 5.21 Å². The van der Waals surface area contributed by atoms with E-state index in [0.29, 0.717) is 27.2 Å². The minimum Gasteiger partial charge on any atom is -0.508 e. The predicted molar refractivity (Wildman–Crippen MR) is 88.3 cm³/mol. The topological polar surface area (TPSA) is 130 Å². The third-order valence-electron chi connectivity index (χ3n) is 3.49. The fourth-order valence-corrected chi connectivity index (χ4v) is 2.53. The van der Waals surface area contributed by atoms with Gasteiger partial charge in [0, 0.05) is 16.7 Å². The van der Waals surface area contributed by atoms with Crippen molar-refractivity contribution < 1.29 is 14.4 Å². The van der Waals surface area contributed by atoms with Gasteiger partial charge in [-0.15, -0.1) is 10.2 Å². The molecule has 0 aliphatic rings. The number of carbonyl (C=O) groups excluding carboxylic acids is 1. The van der Waals surface area contributed by atoms with Crippen LogP contribution in [0.4, 0.5) is 5.69 Å². The number of halogens is 1. The first kappa shape index (κ1) is 15.1. The molecule has 0 saturated carbocycles. The number of hydrogen-bond acceptors (Lipinski definition) is 7. The van der Waals surface area contributed by atoms with Gasteiger partial charge in [-0.3, -0.25) is 4.79 Å². The summed E-state index contributed by atoms with van der Waals surface area (Å²) in [6.45, 7) is 0. The lowest BCUT2D eigenvalue weighted by atomic mass is 10.1. The zero-order valence-corrected chi connectivity index (χ0v) is 13.2. The standard InChI is InChI=1S/C15H9ClN6O3/c16-7-1-4-11(10(5-7)14-18-21-22-19-14)17-15(24)13-9-3-2-8(23)6-12(9)25-20-13/h1-6,23H,(H,17,24)(H,18,19,21,22). The number of phenolic OH excluding ortho intramolecular Hbond substituents is 1. The first-order valence-corrected chi connectivity index (χ1v) is 7.43. The number of H-pyrrole nitrogens is 1. The summed E-state index contributed by atoms with van der Waals surface area (Å²) in [5, 5.41) is 30.5. The van der Waals surface area contributed by atoms with E-state index in [0.717, 1.165) is 0 Å². The van der Waals surface area contributed by atoms with E-state index < -0.39 is 5.91 Å². The normalized spacial score (nSPS) is 10.9. The second-order valence-electron chi connectivity index (χ2n) is 5.09. The molecule has 0 saturated heterocycles. The van der Waals surface area contributed by atoms with Gasteiger partial charge in [0.2, 0.25) is 5.82 Å². The number of rotatable bonds is 3. The molecule has 0 aliphatic heterocycles. The maximum atomic E-state index is 12.6. The highest BCUT2D eigenvalue weighted by Crippen LogP contribution is 2.29. The molecule has 0 atom stereocenters. The smallest absolute Gasteiger partial charge is 0.278 e. The summed E-state index contributed by atoms with van der Waals surface area (Å²) in [5.74, 6) is -0.183. The van der Waals surface area contributed by atoms with Gasteiger partial charge in [0.25, 0.3) is 5.91 Å². The largest absolute Gasteiger partial charge is 0.508 e. The van der Waals surface area contributed by atoms with Crippen molar-refractivity contribution in [2.24, 2.45) is 0 Å². The summed E-state index contributed by atoms with van der Waals surface area (Å²) in [5.41, 5.74) is 1.33. The molecular formula is C15H9ClN6O3. The van der Waals surface area contributed by atoms with Crippen LogP contribution < -0.4 is 5.32 Å². The first-order chi connectivity index (χ1) is 12.1. The number of amides is 1. The number of carbonyl (C=O) groups is 1. The molecule has 0 spiro atoms. The number of nitrogens with one attached hydrogen (secondary N) is 2. The van der Waals surface area contributed by atoms with Gasteiger partial charge in [-0.05, 0) is 35.5 Å². The zero-order valence-electron chi connectivity index (χ0n) is 12.4. The lowest BCUT2D eigenvalue weighted by molar-refractivity contribution is 0.102. The Morgan fingerprint density at radius 2 is 2.12 bits per heavy atom. The van der Waals surface area contributed by atoms with Crippen LogP contribution in [-0.4, -0.2) is 36.8 Å². The first-order valence-electron chi connectivity index (χ1n) is 7.05. The molecule has 3 N–H and O–H groups in total. The SMILES string of the molecule is O=C(Nc1ccc(Cl)cc1-c1nn[nH]n1)c1noc2cc(O)ccc12. The lowest BCUT2D eigenvalue weighted by Gasteiger charge is -2.08. The number of benzene rings is 2. The quantitative estimate of drug-likeness (QED) is 0.514. The summed E-state index contributed by atoms with van der Waals surface area (Å²) in [4.78, 5) is 12.6. The number of aromatic hydroxyl groups is 1. The van der Waals surface area contributed by atoms with Gasteiger partial charge >= 0.3 is 0 Å². The minimum atomic E-state index is -0.489. The maximum absolute atomic E-state index is 12.6. The summed E-state index contributed by atoms with van der Waals surface area (Å²) in [7, 11) is 0. The van der Waals surface area contributed by atoms with Gasteiger partial charge in [-0.25, -0.2) is 0 Å². The highest BCUT2D eigenvalue weighted by molar-refractivity contribution is 6.31. The number of fused-ring (bicyclic) bond motifs is 1. The van der Waals surface area contributed by atoms with E-state index >= 15 is 0 Å². The van der Waals surface area contributed by atoms with Crippen molar-refractivity contribution in [1.29, 1.82) is 0 Å². The fourth-order valence-electron chi connectivity index (χ4n) is 2.36. The van der Waals surface area contributed by atoms with Gasteiger partial charge < -0.3 is 14.9 Å². The molecule has 2 aromatic carbocycles. The number of nitrogens with zero attached hydrogens (tertiary/aromatic N) is 4. The molecular weight excluding hydrogens is 348 g/mol. The Labute approximate surface area is 144 Å². The van der Waals surface area contributed by atoms with Crippen LogP contribution in [-0.2, 0) is 0 Å². The van der Waals surface area contributed by atoms with E-state index in [-0.39, 0.29) is 17.3 Å². The Bertz CT molecular complexity index is 1080. The van der Waals surface area contributed by atoms with Crippen molar-refractivity contribution in [1.82, 2.24) is 25.8 Å². The molecule has 4 rings (SSSR count). The highest BCUT2D eigenvalue weighted by atomic mass is 35.5. The van der Waals surface area contributed by atoms with E-state index in [9.17, 15) is 9.90 Å². The van der Waals surface area contributed by atoms with Gasteiger partial charge in [0.05, 0.1) is 11.1 Å². The number of aromatic amines is 1. The molecule has 10 heteroatoms. The molecule has 2 aromatic heterocycles. The van der Waals surface area contributed by atoms with Crippen molar-refractivity contribution in [2.45, 2.75) is 0 Å². The van der Waals surface area contributed by atoms with Crippen LogP contribution >= 0.6 is 11.6 Å². The van der Waals surface area contributed by atoms with Crippen LogP contribution in [0.1, 0.15) is 10.5 Å². The number of tetrazole rings is 1. The third kappa shape index (κ3) is 2.76. The van der Waals surface area contributed by atoms with E-state index in [1.54, 1.807) is 24.3 Å². The summed E-state index contributed by atoms with van der Waals surface area (Å²) in [6, 6.07) is 9.24. The Kier molecular flexibility index (Phi) is 3.55. The number of hydrogen-bond donors (Lipinski definition) is 3. The van der Waals surface area contributed by atoms with Crippen LogP contribution in [0.5, 0.6) is 5.75 Å². The second-order valence-corrected chi connectivity index (χ2v) is 5.53. The van der Waals surface area contributed by atoms with Crippen LogP contribution in [0.3, 0.4) is 0 Å². The van der Waals surface area contributed by atoms with E-state index in [1.165, 1.54) is 12.1 Å². The molecule has 1 amide bonds. The van der Waals surface area contributed by atoms with E-state index in [1.807, 2.05) is 0 Å². The van der Waals surface area contributed by atoms with Crippen LogP contribution in [0.2, 0.25) is 5.02 Å². The maximum Gasteiger partial charge on any atom is 0.278 e. The molecule has 2 heterocycles. The van der Waals surface area contributed by atoms with Crippen molar-refractivity contribution in [3.8, 4) is 17.1 Å². The summed E-state index contributed by atoms with van der Waals surface area (Å²) < 4.78 is 5.08. The Balaban J connectivity index is 1.71. The monoisotopic (exact) mass is 356 g/mol. The molecule has 4 aromatic rings. The highest BCUT2D eigenvalue weighted by Gasteiger charge is 2.19. The van der Waals surface area contributed by atoms with Crippen molar-refractivity contribution in [2.75, 3.05) is 5.32 Å². The Morgan fingerprint density at radius 1 is 1.24 bits per heavy atom. The molecule has 0 bridgehead atoms. The molecule has 25 heavy (non-hydrogen) atoms. The molecule has 9 nitrogen and oxygen atoms in total. The average molecular weight is 357 g/mol. The Morgan fingerprint density at radius 3 is 2.92 bits per heavy atom. The van der Waals surface area contributed by atoms with Crippen LogP contribution in [0, 0.1) is 0 Å². The van der Waals surface area contributed by atoms with Crippen LogP contribution in [0.25, 0.3) is 22.4 Å². The average Bonchev–Trinajstić information content (AvgIpc) is 3.25. The summed E-state index contributed by atoms with van der Waals surface area (Å²) in [6.07, 6.45) is 0. The summed E-state index contributed by atoms with van der Waals surface area (Å²) >= 11 is 6.01. The van der Waals surface area contributed by atoms with Gasteiger partial charge in [-0.1, -0.05) is 16.8 Å². The minimum absolute atomic E-state index is 0.0210. The van der Waals surface area contributed by atoms with E-state index in [2.05, 4.69) is 31.1 Å². The third-order valence-corrected chi connectivity index (χ3v) is 3.72. The zero-order chi connectivity index (χ0) is 17.4. The number of aromatic nitrogens is 5. The number of anilines is 1. The van der Waals surface area contributed by atoms with Crippen molar-refractivity contribution >= 4 is 34.2 Å². The fraction of sp³-hybridized carbons (Fsp3) is 0. The molecule has 0 aliphatic carbocycles. The predicted octanol–water partition coefficient (Wildman–Crippen LogP) is 2.62. The van der Waals surface area contributed by atoms with Gasteiger partial charge in [0.1, 0.15) is 5.75 Å². The molecule has 0 unspecified atom stereocenters. The number of phenols is 1. The van der Waals surface area contributed by atoms with Crippen molar-refractivity contribution in [3.05, 3.63) is 47.1 Å². The molecule has 124 valence electrons. The van der Waals surface area contributed by atoms with Gasteiger partial charge in [0.15, 0.2) is 11.3 Å². The Hall–Kier alpha value is -3.46. The molecule has 0 fully saturated rings. The lowest BCUT2D eigenvalue weighted by Crippen LogP contribution is -2.13.